The number of nitrogens with zero attached hydrogens (tertiary/aromatic N) is 1. The molecule has 1 aliphatic carbocycles. The van der Waals surface area contributed by atoms with Gasteiger partial charge in [0.15, 0.2) is 0 Å². The van der Waals surface area contributed by atoms with Crippen LogP contribution in [0.25, 0.3) is 0 Å². The van der Waals surface area contributed by atoms with Gasteiger partial charge in [0.1, 0.15) is 11.4 Å². The molecule has 1 aliphatic rings. The SMILES string of the molecule is CNC(=O)c1ccc(NC2(C#N)CC[C@@H](C)[C@@H](C)CC2)cc1F. The van der Waals surface area contributed by atoms with E-state index >= 15 is 0 Å². The number of halogens is 1. The quantitative estimate of drug-likeness (QED) is 0.835. The number of carbonyl (C=O) groups excluding carboxylic acids is 1. The van der Waals surface area contributed by atoms with Crippen molar-refractivity contribution in [2.24, 2.45) is 11.8 Å². The molecule has 23 heavy (non-hydrogen) atoms. The molecule has 3 atom stereocenters. The highest BCUT2D eigenvalue weighted by molar-refractivity contribution is 5.94. The second-order valence-corrected chi connectivity index (χ2v) is 6.62. The molecular weight excluding hydrogens is 293 g/mol. The number of rotatable bonds is 3. The number of benzene rings is 1. The van der Waals surface area contributed by atoms with Crippen LogP contribution in [-0.2, 0) is 0 Å². The fraction of sp³-hybridized carbons (Fsp3) is 0.556. The average molecular weight is 317 g/mol. The van der Waals surface area contributed by atoms with Gasteiger partial charge in [-0.3, -0.25) is 4.79 Å². The van der Waals surface area contributed by atoms with Crippen molar-refractivity contribution in [1.29, 1.82) is 5.26 Å². The third-order valence-electron chi connectivity index (χ3n) is 5.06. The summed E-state index contributed by atoms with van der Waals surface area (Å²) in [5.74, 6) is 0.123. The molecule has 4 nitrogen and oxygen atoms in total. The molecule has 0 radical (unpaired) electrons. The fourth-order valence-corrected chi connectivity index (χ4v) is 3.09. The minimum absolute atomic E-state index is 0.00664. The lowest BCUT2D eigenvalue weighted by atomic mass is 9.91. The van der Waals surface area contributed by atoms with Crippen LogP contribution in [0.5, 0.6) is 0 Å². The van der Waals surface area contributed by atoms with Crippen molar-refractivity contribution in [3.05, 3.63) is 29.6 Å². The van der Waals surface area contributed by atoms with E-state index in [9.17, 15) is 14.4 Å². The molecule has 0 saturated heterocycles. The van der Waals surface area contributed by atoms with Gasteiger partial charge in [0.2, 0.25) is 0 Å². The van der Waals surface area contributed by atoms with E-state index in [0.29, 0.717) is 17.5 Å². The summed E-state index contributed by atoms with van der Waals surface area (Å²) < 4.78 is 14.1. The fourth-order valence-electron chi connectivity index (χ4n) is 3.09. The number of anilines is 1. The van der Waals surface area contributed by atoms with E-state index in [2.05, 4.69) is 30.6 Å². The van der Waals surface area contributed by atoms with Crippen LogP contribution in [0.15, 0.2) is 18.2 Å². The summed E-state index contributed by atoms with van der Waals surface area (Å²) in [5.41, 5.74) is -0.119. The minimum Gasteiger partial charge on any atom is -0.367 e. The summed E-state index contributed by atoms with van der Waals surface area (Å²) >= 11 is 0. The predicted octanol–water partition coefficient (Wildman–Crippen LogP) is 3.71. The van der Waals surface area contributed by atoms with Gasteiger partial charge in [-0.15, -0.1) is 0 Å². The van der Waals surface area contributed by atoms with Crippen molar-refractivity contribution in [3.63, 3.8) is 0 Å². The van der Waals surface area contributed by atoms with Gasteiger partial charge in [-0.05, 0) is 55.7 Å². The minimum atomic E-state index is -0.667. The van der Waals surface area contributed by atoms with Crippen molar-refractivity contribution in [2.75, 3.05) is 12.4 Å². The second kappa shape index (κ2) is 6.99. The van der Waals surface area contributed by atoms with E-state index < -0.39 is 17.3 Å². The summed E-state index contributed by atoms with van der Waals surface area (Å²) in [5, 5.41) is 15.3. The lowest BCUT2D eigenvalue weighted by molar-refractivity contribution is 0.0959. The number of nitrogens with one attached hydrogen (secondary N) is 2. The number of hydrogen-bond donors (Lipinski definition) is 2. The smallest absolute Gasteiger partial charge is 0.253 e. The number of nitriles is 1. The van der Waals surface area contributed by atoms with Crippen LogP contribution in [0, 0.1) is 29.0 Å². The molecule has 0 heterocycles. The lowest BCUT2D eigenvalue weighted by Crippen LogP contribution is -2.36. The Kier molecular flexibility index (Phi) is 5.25. The molecule has 2 rings (SSSR count). The van der Waals surface area contributed by atoms with Crippen LogP contribution in [0.1, 0.15) is 49.9 Å². The summed E-state index contributed by atoms with van der Waals surface area (Å²) in [4.78, 5) is 11.5. The summed E-state index contributed by atoms with van der Waals surface area (Å²) in [7, 11) is 1.46. The predicted molar refractivity (Wildman–Crippen MR) is 88.6 cm³/mol. The maximum Gasteiger partial charge on any atom is 0.253 e. The van der Waals surface area contributed by atoms with Crippen LogP contribution in [0.2, 0.25) is 0 Å². The first kappa shape index (κ1) is 17.3. The zero-order valence-electron chi connectivity index (χ0n) is 13.9. The molecule has 5 heteroatoms. The molecule has 1 aromatic rings. The third-order valence-corrected chi connectivity index (χ3v) is 5.06. The van der Waals surface area contributed by atoms with Gasteiger partial charge in [0.25, 0.3) is 5.91 Å². The standard InChI is InChI=1S/C18H24FN3O/c1-12-6-8-18(11-20,9-7-13(12)2)22-14-4-5-15(16(19)10-14)17(23)21-3/h4-5,10,12-13,22H,6-9H2,1-3H3,(H,21,23)/t12-,13+,18?. The van der Waals surface area contributed by atoms with Crippen LogP contribution in [-0.4, -0.2) is 18.5 Å². The number of carbonyl (C=O) groups is 1. The van der Waals surface area contributed by atoms with Gasteiger partial charge in [0, 0.05) is 12.7 Å². The Hall–Kier alpha value is -2.09. The second-order valence-electron chi connectivity index (χ2n) is 6.62. The van der Waals surface area contributed by atoms with Crippen molar-refractivity contribution in [1.82, 2.24) is 5.32 Å². The Balaban J connectivity index is 2.21. The molecule has 124 valence electrons. The van der Waals surface area contributed by atoms with Crippen molar-refractivity contribution in [2.45, 2.75) is 45.1 Å². The normalized spacial score (nSPS) is 27.6. The van der Waals surface area contributed by atoms with Crippen LogP contribution in [0.4, 0.5) is 10.1 Å². The Morgan fingerprint density at radius 3 is 2.39 bits per heavy atom. The number of amides is 1. The highest BCUT2D eigenvalue weighted by atomic mass is 19.1. The van der Waals surface area contributed by atoms with Crippen molar-refractivity contribution in [3.8, 4) is 6.07 Å². The zero-order chi connectivity index (χ0) is 17.0. The first-order chi connectivity index (χ1) is 10.9. The zero-order valence-corrected chi connectivity index (χ0v) is 13.9. The lowest BCUT2D eigenvalue weighted by Gasteiger charge is -2.28. The van der Waals surface area contributed by atoms with E-state index in [-0.39, 0.29) is 5.56 Å². The first-order valence-corrected chi connectivity index (χ1v) is 8.12. The molecule has 0 aliphatic heterocycles. The molecule has 1 fully saturated rings. The van der Waals surface area contributed by atoms with Crippen molar-refractivity contribution < 1.29 is 9.18 Å². The molecular formula is C18H24FN3O. The van der Waals surface area contributed by atoms with E-state index in [1.54, 1.807) is 6.07 Å². The number of hydrogen-bond acceptors (Lipinski definition) is 3. The van der Waals surface area contributed by atoms with Crippen LogP contribution in [0.3, 0.4) is 0 Å². The molecule has 0 aromatic heterocycles. The Bertz CT molecular complexity index is 611. The van der Waals surface area contributed by atoms with Gasteiger partial charge in [-0.2, -0.15) is 5.26 Å². The van der Waals surface area contributed by atoms with E-state index in [4.69, 9.17) is 0 Å². The molecule has 1 saturated carbocycles. The summed E-state index contributed by atoms with van der Waals surface area (Å²) in [6.07, 6.45) is 3.43. The van der Waals surface area contributed by atoms with E-state index in [0.717, 1.165) is 25.7 Å². The Morgan fingerprint density at radius 2 is 1.91 bits per heavy atom. The van der Waals surface area contributed by atoms with Gasteiger partial charge in [-0.1, -0.05) is 13.8 Å². The van der Waals surface area contributed by atoms with Gasteiger partial charge in [-0.25, -0.2) is 4.39 Å². The monoisotopic (exact) mass is 317 g/mol. The van der Waals surface area contributed by atoms with Crippen LogP contribution >= 0.6 is 0 Å². The van der Waals surface area contributed by atoms with Crippen LogP contribution < -0.4 is 10.6 Å². The maximum absolute atomic E-state index is 14.1. The largest absolute Gasteiger partial charge is 0.367 e. The molecule has 1 unspecified atom stereocenters. The molecule has 1 amide bonds. The molecule has 0 bridgehead atoms. The van der Waals surface area contributed by atoms with E-state index in [1.165, 1.54) is 19.2 Å². The van der Waals surface area contributed by atoms with Crippen molar-refractivity contribution >= 4 is 11.6 Å². The van der Waals surface area contributed by atoms with Gasteiger partial charge in [0.05, 0.1) is 11.6 Å². The molecule has 2 N–H and O–H groups in total. The first-order valence-electron chi connectivity index (χ1n) is 8.12. The third kappa shape index (κ3) is 3.82. The highest BCUT2D eigenvalue weighted by Crippen LogP contribution is 2.36. The average Bonchev–Trinajstić information content (AvgIpc) is 2.69. The molecule has 1 aromatic carbocycles. The van der Waals surface area contributed by atoms with E-state index in [1.807, 2.05) is 0 Å². The maximum atomic E-state index is 14.1. The Labute approximate surface area is 137 Å². The summed E-state index contributed by atoms with van der Waals surface area (Å²) in [6, 6.07) is 6.80. The molecule has 0 spiro atoms. The Morgan fingerprint density at radius 1 is 1.30 bits per heavy atom. The van der Waals surface area contributed by atoms with Gasteiger partial charge >= 0.3 is 0 Å². The van der Waals surface area contributed by atoms with Gasteiger partial charge < -0.3 is 10.6 Å². The summed E-state index contributed by atoms with van der Waals surface area (Å²) in [6.45, 7) is 4.44. The topological polar surface area (TPSA) is 64.9 Å². The highest BCUT2D eigenvalue weighted by Gasteiger charge is 2.34.